The van der Waals surface area contributed by atoms with Gasteiger partial charge in [-0.15, -0.1) is 0 Å². The number of amides is 1. The molecule has 0 radical (unpaired) electrons. The number of hydrogen-bond acceptors (Lipinski definition) is 5. The zero-order valence-corrected chi connectivity index (χ0v) is 14.3. The van der Waals surface area contributed by atoms with Gasteiger partial charge in [-0.1, -0.05) is 0 Å². The van der Waals surface area contributed by atoms with Crippen molar-refractivity contribution >= 4 is 5.91 Å². The Hall–Kier alpha value is -1.95. The van der Waals surface area contributed by atoms with Crippen LogP contribution >= 0.6 is 0 Å². The first-order valence-electron chi connectivity index (χ1n) is 7.84. The lowest BCUT2D eigenvalue weighted by Crippen LogP contribution is -2.31. The van der Waals surface area contributed by atoms with Crippen molar-refractivity contribution in [2.24, 2.45) is 5.92 Å². The van der Waals surface area contributed by atoms with Crippen LogP contribution in [0.4, 0.5) is 0 Å². The lowest BCUT2D eigenvalue weighted by Gasteiger charge is -2.18. The zero-order valence-electron chi connectivity index (χ0n) is 14.3. The Morgan fingerprint density at radius 3 is 2.39 bits per heavy atom. The smallest absolute Gasteiger partial charge is 0.227 e. The molecule has 1 aromatic carbocycles. The van der Waals surface area contributed by atoms with Crippen LogP contribution in [0, 0.1) is 5.92 Å². The highest BCUT2D eigenvalue weighted by molar-refractivity contribution is 5.79. The molecule has 1 saturated heterocycles. The van der Waals surface area contributed by atoms with Gasteiger partial charge < -0.3 is 24.4 Å². The Balaban J connectivity index is 2.09. The fraction of sp³-hybridized carbons (Fsp3) is 0.588. The molecule has 1 amide bonds. The van der Waals surface area contributed by atoms with Crippen molar-refractivity contribution in [2.75, 3.05) is 48.0 Å². The standard InChI is InChI=1S/C17H26N2O4/c1-18-10-12-5-6-19(11-12)16(20)9-13-7-14(21-2)17(23-4)15(8-13)22-3/h7-8,12,18H,5-6,9-11H2,1-4H3. The van der Waals surface area contributed by atoms with Crippen LogP contribution in [-0.2, 0) is 11.2 Å². The van der Waals surface area contributed by atoms with Crippen LogP contribution in [0.25, 0.3) is 0 Å². The maximum Gasteiger partial charge on any atom is 0.227 e. The summed E-state index contributed by atoms with van der Waals surface area (Å²) in [5.41, 5.74) is 0.863. The minimum atomic E-state index is 0.137. The second-order valence-corrected chi connectivity index (χ2v) is 5.76. The van der Waals surface area contributed by atoms with Gasteiger partial charge in [0.25, 0.3) is 0 Å². The fourth-order valence-corrected chi connectivity index (χ4v) is 3.04. The largest absolute Gasteiger partial charge is 0.493 e. The predicted octanol–water partition coefficient (Wildman–Crippen LogP) is 1.32. The van der Waals surface area contributed by atoms with Gasteiger partial charge in [0.15, 0.2) is 11.5 Å². The molecule has 1 N–H and O–H groups in total. The molecule has 1 atom stereocenters. The molecule has 1 fully saturated rings. The summed E-state index contributed by atoms with van der Waals surface area (Å²) in [6, 6.07) is 3.67. The van der Waals surface area contributed by atoms with Crippen molar-refractivity contribution in [3.05, 3.63) is 17.7 Å². The van der Waals surface area contributed by atoms with Crippen molar-refractivity contribution in [2.45, 2.75) is 12.8 Å². The van der Waals surface area contributed by atoms with E-state index < -0.39 is 0 Å². The van der Waals surface area contributed by atoms with E-state index in [1.165, 1.54) is 0 Å². The maximum atomic E-state index is 12.5. The van der Waals surface area contributed by atoms with Crippen LogP contribution in [0.5, 0.6) is 17.2 Å². The Labute approximate surface area is 137 Å². The number of rotatable bonds is 7. The average Bonchev–Trinajstić information content (AvgIpc) is 3.03. The van der Waals surface area contributed by atoms with E-state index in [1.807, 2.05) is 24.1 Å². The molecule has 2 rings (SSSR count). The summed E-state index contributed by atoms with van der Waals surface area (Å²) in [4.78, 5) is 14.4. The van der Waals surface area contributed by atoms with Gasteiger partial charge in [-0.3, -0.25) is 4.79 Å². The summed E-state index contributed by atoms with van der Waals surface area (Å²) in [5, 5.41) is 3.18. The van der Waals surface area contributed by atoms with Crippen LogP contribution < -0.4 is 19.5 Å². The second-order valence-electron chi connectivity index (χ2n) is 5.76. The summed E-state index contributed by atoms with van der Waals surface area (Å²) in [7, 11) is 6.66. The molecule has 1 heterocycles. The molecule has 0 bridgehead atoms. The van der Waals surface area contributed by atoms with Gasteiger partial charge in [-0.2, -0.15) is 0 Å². The van der Waals surface area contributed by atoms with Gasteiger partial charge in [0.2, 0.25) is 11.7 Å². The normalized spacial score (nSPS) is 17.2. The Kier molecular flexibility index (Phi) is 6.10. The molecule has 6 heteroatoms. The van der Waals surface area contributed by atoms with Crippen molar-refractivity contribution in [1.29, 1.82) is 0 Å². The van der Waals surface area contributed by atoms with Crippen LogP contribution in [0.3, 0.4) is 0 Å². The Morgan fingerprint density at radius 2 is 1.87 bits per heavy atom. The molecule has 0 aromatic heterocycles. The van der Waals surface area contributed by atoms with E-state index in [4.69, 9.17) is 14.2 Å². The van der Waals surface area contributed by atoms with Gasteiger partial charge in [0.1, 0.15) is 0 Å². The molecule has 0 spiro atoms. The minimum Gasteiger partial charge on any atom is -0.493 e. The molecule has 1 aliphatic rings. The number of hydrogen-bond donors (Lipinski definition) is 1. The number of carbonyl (C=O) groups is 1. The number of methoxy groups -OCH3 is 3. The summed E-state index contributed by atoms with van der Waals surface area (Å²) in [6.45, 7) is 2.60. The molecule has 0 saturated carbocycles. The molecule has 0 aliphatic carbocycles. The number of carbonyl (C=O) groups excluding carboxylic acids is 1. The summed E-state index contributed by atoms with van der Waals surface area (Å²) in [5.74, 6) is 2.37. The quantitative estimate of drug-likeness (QED) is 0.820. The van der Waals surface area contributed by atoms with Crippen molar-refractivity contribution in [1.82, 2.24) is 10.2 Å². The van der Waals surface area contributed by atoms with Gasteiger partial charge >= 0.3 is 0 Å². The number of likely N-dealkylation sites (tertiary alicyclic amines) is 1. The number of nitrogens with one attached hydrogen (secondary N) is 1. The molecule has 128 valence electrons. The molecular weight excluding hydrogens is 296 g/mol. The monoisotopic (exact) mass is 322 g/mol. The average molecular weight is 322 g/mol. The lowest BCUT2D eigenvalue weighted by molar-refractivity contribution is -0.129. The van der Waals surface area contributed by atoms with Gasteiger partial charge in [-0.05, 0) is 43.6 Å². The summed E-state index contributed by atoms with van der Waals surface area (Å²) < 4.78 is 16.0. The van der Waals surface area contributed by atoms with E-state index in [1.54, 1.807) is 21.3 Å². The maximum absolute atomic E-state index is 12.5. The zero-order chi connectivity index (χ0) is 16.8. The predicted molar refractivity (Wildman–Crippen MR) is 88.4 cm³/mol. The van der Waals surface area contributed by atoms with E-state index in [0.29, 0.717) is 29.6 Å². The first-order chi connectivity index (χ1) is 11.1. The van der Waals surface area contributed by atoms with Gasteiger partial charge in [0, 0.05) is 13.1 Å². The van der Waals surface area contributed by atoms with E-state index in [0.717, 1.165) is 31.6 Å². The molecule has 1 unspecified atom stereocenters. The molecule has 1 aromatic rings. The van der Waals surface area contributed by atoms with Gasteiger partial charge in [-0.25, -0.2) is 0 Å². The molecule has 23 heavy (non-hydrogen) atoms. The van der Waals surface area contributed by atoms with E-state index >= 15 is 0 Å². The van der Waals surface area contributed by atoms with Crippen LogP contribution in [-0.4, -0.2) is 58.8 Å². The lowest BCUT2D eigenvalue weighted by atomic mass is 10.1. The van der Waals surface area contributed by atoms with Crippen molar-refractivity contribution < 1.29 is 19.0 Å². The molecular formula is C17H26N2O4. The minimum absolute atomic E-state index is 0.137. The third-order valence-electron chi connectivity index (χ3n) is 4.21. The van der Waals surface area contributed by atoms with Crippen LogP contribution in [0.1, 0.15) is 12.0 Å². The third kappa shape index (κ3) is 4.07. The molecule has 6 nitrogen and oxygen atoms in total. The number of nitrogens with zero attached hydrogens (tertiary/aromatic N) is 1. The Morgan fingerprint density at radius 1 is 1.22 bits per heavy atom. The molecule has 1 aliphatic heterocycles. The van der Waals surface area contributed by atoms with Gasteiger partial charge in [0.05, 0.1) is 27.8 Å². The first-order valence-corrected chi connectivity index (χ1v) is 7.84. The third-order valence-corrected chi connectivity index (χ3v) is 4.21. The van der Waals surface area contributed by atoms with Crippen LogP contribution in [0.15, 0.2) is 12.1 Å². The highest BCUT2D eigenvalue weighted by atomic mass is 16.5. The first kappa shape index (κ1) is 17.4. The topological polar surface area (TPSA) is 60.0 Å². The highest BCUT2D eigenvalue weighted by Crippen LogP contribution is 2.38. The van der Waals surface area contributed by atoms with E-state index in [2.05, 4.69) is 5.32 Å². The second kappa shape index (κ2) is 8.06. The SMILES string of the molecule is CNCC1CCN(C(=O)Cc2cc(OC)c(OC)c(OC)c2)C1. The van der Waals surface area contributed by atoms with Crippen LogP contribution in [0.2, 0.25) is 0 Å². The summed E-state index contributed by atoms with van der Waals surface area (Å²) >= 11 is 0. The highest BCUT2D eigenvalue weighted by Gasteiger charge is 2.26. The fourth-order valence-electron chi connectivity index (χ4n) is 3.04. The van der Waals surface area contributed by atoms with Crippen molar-refractivity contribution in [3.8, 4) is 17.2 Å². The van der Waals surface area contributed by atoms with E-state index in [-0.39, 0.29) is 5.91 Å². The van der Waals surface area contributed by atoms with Crippen molar-refractivity contribution in [3.63, 3.8) is 0 Å². The Bertz CT molecular complexity index is 522. The number of ether oxygens (including phenoxy) is 3. The van der Waals surface area contributed by atoms with E-state index in [9.17, 15) is 4.79 Å². The summed E-state index contributed by atoms with van der Waals surface area (Å²) in [6.07, 6.45) is 1.39. The number of benzene rings is 1.